The number of ether oxygens (including phenoxy) is 1. The Morgan fingerprint density at radius 2 is 1.94 bits per heavy atom. The minimum absolute atomic E-state index is 0.0832. The summed E-state index contributed by atoms with van der Waals surface area (Å²) in [7, 11) is -2.80. The first-order valence-corrected chi connectivity index (χ1v) is 11.6. The van der Waals surface area contributed by atoms with Crippen LogP contribution in [0.3, 0.4) is 0 Å². The summed E-state index contributed by atoms with van der Waals surface area (Å²) in [6.07, 6.45) is 1.32. The van der Waals surface area contributed by atoms with Crippen LogP contribution in [0.25, 0.3) is 21.3 Å². The third-order valence-electron chi connectivity index (χ3n) is 4.90. The summed E-state index contributed by atoms with van der Waals surface area (Å²) in [6.45, 7) is 1.60. The van der Waals surface area contributed by atoms with E-state index in [1.54, 1.807) is 18.4 Å². The number of anilines is 1. The molecule has 31 heavy (non-hydrogen) atoms. The number of benzene rings is 2. The van der Waals surface area contributed by atoms with Gasteiger partial charge in [-0.1, -0.05) is 18.2 Å². The van der Waals surface area contributed by atoms with E-state index in [1.165, 1.54) is 43.0 Å². The summed E-state index contributed by atoms with van der Waals surface area (Å²) in [5, 5.41) is 2.20. The van der Waals surface area contributed by atoms with Gasteiger partial charge in [-0.25, -0.2) is 27.2 Å². The molecule has 0 atom stereocenters. The lowest BCUT2D eigenvalue weighted by Gasteiger charge is -2.12. The Hall–Kier alpha value is -3.11. The number of aryl methyl sites for hydroxylation is 1. The Bertz CT molecular complexity index is 1420. The summed E-state index contributed by atoms with van der Waals surface area (Å²) in [4.78, 5) is 8.17. The maximum absolute atomic E-state index is 15.4. The van der Waals surface area contributed by atoms with Crippen molar-refractivity contribution in [3.8, 4) is 16.9 Å². The van der Waals surface area contributed by atoms with Gasteiger partial charge in [0, 0.05) is 28.1 Å². The van der Waals surface area contributed by atoms with Crippen molar-refractivity contribution in [1.29, 1.82) is 0 Å². The van der Waals surface area contributed by atoms with Crippen LogP contribution in [-0.2, 0) is 15.6 Å². The van der Waals surface area contributed by atoms with Gasteiger partial charge >= 0.3 is 0 Å². The first-order valence-electron chi connectivity index (χ1n) is 9.05. The fourth-order valence-corrected chi connectivity index (χ4v) is 5.79. The smallest absolute Gasteiger partial charge is 0.185 e. The predicted octanol–water partition coefficient (Wildman–Crippen LogP) is 4.51. The Balaban J connectivity index is 1.78. The molecule has 2 heterocycles. The lowest BCUT2D eigenvalue weighted by atomic mass is 10.0. The summed E-state index contributed by atoms with van der Waals surface area (Å²) in [6, 6.07) is 6.63. The van der Waals surface area contributed by atoms with Crippen LogP contribution in [0.15, 0.2) is 46.9 Å². The molecule has 0 radical (unpaired) electrons. The highest BCUT2D eigenvalue weighted by molar-refractivity contribution is 7.90. The molecule has 160 valence electrons. The van der Waals surface area contributed by atoms with Crippen LogP contribution in [0.1, 0.15) is 11.1 Å². The second-order valence-electron chi connectivity index (χ2n) is 6.88. The molecule has 2 N–H and O–H groups in total. The number of halogens is 2. The Morgan fingerprint density at radius 1 is 1.16 bits per heavy atom. The average molecular weight is 462 g/mol. The second-order valence-corrected chi connectivity index (χ2v) is 9.69. The minimum atomic E-state index is -4.17. The molecule has 0 saturated heterocycles. The number of hydrogen-bond acceptors (Lipinski definition) is 7. The fraction of sp³-hybridized carbons (Fsp3) is 0.143. The van der Waals surface area contributed by atoms with Gasteiger partial charge in [0.2, 0.25) is 0 Å². The number of hydrogen-bond donors (Lipinski definition) is 1. The van der Waals surface area contributed by atoms with Crippen LogP contribution in [-0.4, -0.2) is 25.5 Å². The number of thiophene rings is 1. The van der Waals surface area contributed by atoms with Crippen molar-refractivity contribution in [2.75, 3.05) is 12.8 Å². The van der Waals surface area contributed by atoms with E-state index in [4.69, 9.17) is 10.5 Å². The van der Waals surface area contributed by atoms with E-state index >= 15 is 4.39 Å². The molecule has 6 nitrogen and oxygen atoms in total. The number of nitrogen functional groups attached to an aromatic ring is 1. The van der Waals surface area contributed by atoms with Gasteiger partial charge in [0.1, 0.15) is 39.3 Å². The molecule has 0 aliphatic heterocycles. The largest absolute Gasteiger partial charge is 0.496 e. The monoisotopic (exact) mass is 461 g/mol. The van der Waals surface area contributed by atoms with Crippen molar-refractivity contribution < 1.29 is 21.9 Å². The molecule has 10 heteroatoms. The normalized spacial score (nSPS) is 11.7. The van der Waals surface area contributed by atoms with Gasteiger partial charge in [0.15, 0.2) is 9.84 Å². The van der Waals surface area contributed by atoms with E-state index in [0.29, 0.717) is 21.3 Å². The van der Waals surface area contributed by atoms with E-state index in [2.05, 4.69) is 9.97 Å². The summed E-state index contributed by atoms with van der Waals surface area (Å²) < 4.78 is 60.7. The highest BCUT2D eigenvalue weighted by Gasteiger charge is 2.25. The predicted molar refractivity (Wildman–Crippen MR) is 116 cm³/mol. The van der Waals surface area contributed by atoms with Crippen molar-refractivity contribution in [2.24, 2.45) is 0 Å². The Kier molecular flexibility index (Phi) is 5.36. The second kappa shape index (κ2) is 7.86. The molecule has 0 aliphatic rings. The molecule has 2 aromatic carbocycles. The van der Waals surface area contributed by atoms with Gasteiger partial charge in [-0.3, -0.25) is 0 Å². The van der Waals surface area contributed by atoms with Crippen LogP contribution in [0.5, 0.6) is 5.75 Å². The van der Waals surface area contributed by atoms with Crippen LogP contribution >= 0.6 is 11.3 Å². The van der Waals surface area contributed by atoms with E-state index in [1.807, 2.05) is 0 Å². The molecule has 4 aromatic rings. The number of methoxy groups -OCH3 is 1. The standard InChI is InChI=1S/C21H17F2N3O3S2/c1-11-6-17(15(22)7-16(11)29-2)31(27,28)9-12-4-3-5-13(19(12)23)14-8-30-21-18(14)20(24)25-10-26-21/h3-8,10H,9H2,1-2H3,(H2,24,25,26). The first-order chi connectivity index (χ1) is 14.7. The maximum Gasteiger partial charge on any atom is 0.185 e. The van der Waals surface area contributed by atoms with Gasteiger partial charge < -0.3 is 10.5 Å². The van der Waals surface area contributed by atoms with Gasteiger partial charge in [-0.2, -0.15) is 0 Å². The van der Waals surface area contributed by atoms with E-state index in [0.717, 1.165) is 6.07 Å². The highest BCUT2D eigenvalue weighted by atomic mass is 32.2. The molecule has 4 rings (SSSR count). The van der Waals surface area contributed by atoms with E-state index in [-0.39, 0.29) is 22.7 Å². The fourth-order valence-electron chi connectivity index (χ4n) is 3.37. The maximum atomic E-state index is 15.4. The SMILES string of the molecule is COc1cc(F)c(S(=O)(=O)Cc2cccc(-c3csc4ncnc(N)c34)c2F)cc1C. The number of nitrogens with zero attached hydrogens (tertiary/aromatic N) is 2. The van der Waals surface area contributed by atoms with E-state index in [9.17, 15) is 12.8 Å². The van der Waals surface area contributed by atoms with Gasteiger partial charge in [0.25, 0.3) is 0 Å². The van der Waals surface area contributed by atoms with Gasteiger partial charge in [-0.15, -0.1) is 11.3 Å². The van der Waals surface area contributed by atoms with Crippen molar-refractivity contribution in [2.45, 2.75) is 17.6 Å². The molecule has 2 aromatic heterocycles. The van der Waals surface area contributed by atoms with Crippen molar-refractivity contribution in [1.82, 2.24) is 9.97 Å². The molecule has 0 aliphatic carbocycles. The summed E-state index contributed by atoms with van der Waals surface area (Å²) in [5.74, 6) is -1.95. The lowest BCUT2D eigenvalue weighted by Crippen LogP contribution is -2.10. The molecular formula is C21H17F2N3O3S2. The zero-order chi connectivity index (χ0) is 22.3. The van der Waals surface area contributed by atoms with Crippen LogP contribution < -0.4 is 10.5 Å². The molecule has 0 amide bonds. The average Bonchev–Trinajstić information content (AvgIpc) is 3.16. The number of rotatable bonds is 5. The number of fused-ring (bicyclic) bond motifs is 1. The van der Waals surface area contributed by atoms with Crippen LogP contribution in [0, 0.1) is 18.6 Å². The summed E-state index contributed by atoms with van der Waals surface area (Å²) in [5.41, 5.74) is 6.96. The highest BCUT2D eigenvalue weighted by Crippen LogP contribution is 2.38. The molecule has 0 unspecified atom stereocenters. The quantitative estimate of drug-likeness (QED) is 0.470. The molecule has 0 saturated carbocycles. The minimum Gasteiger partial charge on any atom is -0.496 e. The van der Waals surface area contributed by atoms with Gasteiger partial charge in [0.05, 0.1) is 18.2 Å². The number of sulfone groups is 1. The van der Waals surface area contributed by atoms with Crippen molar-refractivity contribution >= 4 is 37.2 Å². The Morgan fingerprint density at radius 3 is 2.68 bits per heavy atom. The summed E-state index contributed by atoms with van der Waals surface area (Å²) >= 11 is 1.28. The lowest BCUT2D eigenvalue weighted by molar-refractivity contribution is 0.406. The zero-order valence-corrected chi connectivity index (χ0v) is 18.2. The third kappa shape index (κ3) is 3.72. The Labute approximate surface area is 181 Å². The number of nitrogens with two attached hydrogens (primary N) is 1. The van der Waals surface area contributed by atoms with Gasteiger partial charge in [-0.05, 0) is 18.6 Å². The van der Waals surface area contributed by atoms with Crippen molar-refractivity contribution in [3.63, 3.8) is 0 Å². The third-order valence-corrected chi connectivity index (χ3v) is 7.46. The molecule has 0 fully saturated rings. The van der Waals surface area contributed by atoms with Crippen molar-refractivity contribution in [3.05, 3.63) is 64.8 Å². The topological polar surface area (TPSA) is 95.2 Å². The first kappa shape index (κ1) is 21.1. The molecular weight excluding hydrogens is 444 g/mol. The molecule has 0 spiro atoms. The van der Waals surface area contributed by atoms with Crippen LogP contribution in [0.4, 0.5) is 14.6 Å². The van der Waals surface area contributed by atoms with Crippen LogP contribution in [0.2, 0.25) is 0 Å². The molecule has 0 bridgehead atoms. The number of aromatic nitrogens is 2. The zero-order valence-electron chi connectivity index (χ0n) is 16.5. The van der Waals surface area contributed by atoms with E-state index < -0.39 is 32.1 Å².